The number of carbonyl (C=O) groups is 5. The second-order valence-electron chi connectivity index (χ2n) is 23.3. The quantitative estimate of drug-likeness (QED) is 0.0591. The lowest BCUT2D eigenvalue weighted by atomic mass is 9.82. The first-order valence-electron chi connectivity index (χ1n) is 28.3. The second kappa shape index (κ2) is 22.5. The number of nitrogens with zero attached hydrogens (tertiary/aromatic N) is 6. The third kappa shape index (κ3) is 12.8. The first kappa shape index (κ1) is 54.7. The third-order valence-electron chi connectivity index (χ3n) is 17.0. The van der Waals surface area contributed by atoms with Gasteiger partial charge in [0.05, 0.1) is 14.1 Å². The highest BCUT2D eigenvalue weighted by atomic mass is 32.1. The van der Waals surface area contributed by atoms with Crippen LogP contribution in [0.15, 0.2) is 36.8 Å². The van der Waals surface area contributed by atoms with E-state index in [0.29, 0.717) is 50.5 Å². The molecule has 0 radical (unpaired) electrons. The van der Waals surface area contributed by atoms with Crippen LogP contribution >= 0.6 is 34.0 Å². The minimum absolute atomic E-state index is 0.0306. The number of rotatable bonds is 13. The molecule has 14 rings (SSSR count). The van der Waals surface area contributed by atoms with Gasteiger partial charge in [-0.15, -0.1) is 0 Å². The van der Waals surface area contributed by atoms with E-state index in [9.17, 15) is 41.5 Å². The lowest BCUT2D eigenvalue weighted by Gasteiger charge is -2.29. The van der Waals surface area contributed by atoms with Gasteiger partial charge in [-0.05, 0) is 168 Å². The summed E-state index contributed by atoms with van der Waals surface area (Å²) in [6.07, 6.45) is 21.4. The Morgan fingerprint density at radius 2 is 0.725 bits per heavy atom. The molecule has 2 atom stereocenters. The number of aromatic nitrogens is 6. The summed E-state index contributed by atoms with van der Waals surface area (Å²) >= 11 is 4.47. The fraction of sp³-hybridized carbons (Fsp3) is 0.589. The molecule has 7 N–H and O–H groups in total. The van der Waals surface area contributed by atoms with E-state index in [1.54, 1.807) is 23.7 Å². The van der Waals surface area contributed by atoms with Crippen molar-refractivity contribution in [2.24, 2.45) is 35.3 Å². The topological polar surface area (TPSA) is 249 Å². The van der Waals surface area contributed by atoms with E-state index in [0.717, 1.165) is 146 Å². The van der Waals surface area contributed by atoms with Crippen molar-refractivity contribution in [3.05, 3.63) is 53.5 Å². The molecule has 2 unspecified atom stereocenters. The number of hydrogen-bond acceptors (Lipinski definition) is 15. The molecule has 6 aromatic rings. The largest absolute Gasteiger partial charge is 0.353 e. The number of pyridine rings is 3. The van der Waals surface area contributed by atoms with E-state index in [-0.39, 0.29) is 60.4 Å². The summed E-state index contributed by atoms with van der Waals surface area (Å²) < 4.78 is 55.4. The van der Waals surface area contributed by atoms with Crippen LogP contribution in [0.5, 0.6) is 0 Å². The van der Waals surface area contributed by atoms with Crippen LogP contribution in [0.1, 0.15) is 163 Å². The van der Waals surface area contributed by atoms with Gasteiger partial charge >= 0.3 is 0 Å². The van der Waals surface area contributed by atoms with Crippen molar-refractivity contribution in [1.82, 2.24) is 40.5 Å². The number of amides is 5. The second-order valence-corrected chi connectivity index (χ2v) is 26.3. The molecule has 6 aromatic heterocycles. The summed E-state index contributed by atoms with van der Waals surface area (Å²) in [6, 6.07) is 6.38. The predicted octanol–water partition coefficient (Wildman–Crippen LogP) is 10.7. The SMILES string of the molecule is NC1CCC(c2ccnc3nc(NC(=O)C4CC4)sc23)CC1.O=C(Nc1nc2nccc(C3CCC(NC(=O)C4CC4(F)F)CC3)c2s1)C1CC1.O=C(Nc1nc2nccc(C3CCC(NC(=O)C4CC4(F)F)CC3)c2s1)C1CC1. The number of carbonyl (C=O) groups excluding carboxylic acids is 5. The van der Waals surface area contributed by atoms with Gasteiger partial charge in [-0.2, -0.15) is 15.0 Å². The van der Waals surface area contributed by atoms with Gasteiger partial charge in [-0.1, -0.05) is 34.0 Å². The number of thiazole rings is 3. The van der Waals surface area contributed by atoms with Crippen molar-refractivity contribution in [2.45, 2.75) is 176 Å². The molecule has 17 nitrogen and oxygen atoms in total. The molecule has 0 aliphatic heterocycles. The molecule has 8 aliphatic rings. The molecule has 0 saturated heterocycles. The van der Waals surface area contributed by atoms with Crippen molar-refractivity contribution in [3.63, 3.8) is 0 Å². The Kier molecular flexibility index (Phi) is 15.4. The van der Waals surface area contributed by atoms with Crippen LogP contribution in [0.2, 0.25) is 0 Å². The Morgan fingerprint density at radius 1 is 0.438 bits per heavy atom. The molecule has 0 spiro atoms. The van der Waals surface area contributed by atoms with Crippen LogP contribution < -0.4 is 32.3 Å². The number of hydrogen-bond donors (Lipinski definition) is 6. The normalized spacial score (nSPS) is 27.4. The minimum atomic E-state index is -2.82. The number of nitrogens with two attached hydrogens (primary N) is 1. The molecule has 6 heterocycles. The van der Waals surface area contributed by atoms with Gasteiger partial charge in [0.1, 0.15) is 11.8 Å². The monoisotopic (exact) mass is 1160 g/mol. The van der Waals surface area contributed by atoms with Crippen LogP contribution in [0, 0.1) is 29.6 Å². The van der Waals surface area contributed by atoms with Crippen LogP contribution in [0.25, 0.3) is 31.0 Å². The number of alkyl halides is 4. The van der Waals surface area contributed by atoms with E-state index in [1.165, 1.54) is 28.2 Å². The number of nitrogens with one attached hydrogen (secondary N) is 5. The zero-order valence-electron chi connectivity index (χ0n) is 44.0. The molecule has 0 bridgehead atoms. The van der Waals surface area contributed by atoms with Gasteiger partial charge in [0.15, 0.2) is 32.3 Å². The highest BCUT2D eigenvalue weighted by Crippen LogP contribution is 2.50. The highest BCUT2D eigenvalue weighted by molar-refractivity contribution is 7.23. The first-order chi connectivity index (χ1) is 38.5. The highest BCUT2D eigenvalue weighted by Gasteiger charge is 2.62. The molecule has 8 aliphatic carbocycles. The summed E-state index contributed by atoms with van der Waals surface area (Å²) in [6.45, 7) is 0. The maximum atomic E-state index is 13.1. The molecule has 5 amide bonds. The molecule has 8 saturated carbocycles. The Labute approximate surface area is 470 Å². The lowest BCUT2D eigenvalue weighted by molar-refractivity contribution is -0.126. The fourth-order valence-electron chi connectivity index (χ4n) is 11.5. The van der Waals surface area contributed by atoms with E-state index >= 15 is 0 Å². The molecule has 24 heteroatoms. The Hall–Kier alpha value is -5.85. The molecular weight excluding hydrogens is 1090 g/mol. The van der Waals surface area contributed by atoms with Crippen molar-refractivity contribution in [3.8, 4) is 0 Å². The Balaban J connectivity index is 0.000000121. The van der Waals surface area contributed by atoms with Crippen molar-refractivity contribution >= 4 is 110 Å². The average Bonchev–Trinajstić information content (AvgIpc) is 4.38. The zero-order chi connectivity index (χ0) is 55.5. The summed E-state index contributed by atoms with van der Waals surface area (Å²) in [4.78, 5) is 86.2. The van der Waals surface area contributed by atoms with Crippen LogP contribution in [-0.4, -0.2) is 89.4 Å². The first-order valence-corrected chi connectivity index (χ1v) is 30.8. The Bertz CT molecular complexity index is 3160. The summed E-state index contributed by atoms with van der Waals surface area (Å²) in [5, 5.41) is 16.2. The molecule has 80 heavy (non-hydrogen) atoms. The predicted molar refractivity (Wildman–Crippen MR) is 298 cm³/mol. The summed E-state index contributed by atoms with van der Waals surface area (Å²) in [5.74, 6) is -7.18. The minimum Gasteiger partial charge on any atom is -0.353 e. The number of anilines is 3. The fourth-order valence-corrected chi connectivity index (χ4v) is 14.5. The molecule has 0 aromatic carbocycles. The number of halogens is 4. The van der Waals surface area contributed by atoms with Crippen LogP contribution in [-0.2, 0) is 24.0 Å². The zero-order valence-corrected chi connectivity index (χ0v) is 46.4. The average molecular weight is 1160 g/mol. The maximum Gasteiger partial charge on any atom is 0.260 e. The summed E-state index contributed by atoms with van der Waals surface area (Å²) in [5.41, 5.74) is 11.7. The van der Waals surface area contributed by atoms with Crippen molar-refractivity contribution in [2.75, 3.05) is 16.0 Å². The van der Waals surface area contributed by atoms with E-state index in [2.05, 4.69) is 62.6 Å². The van der Waals surface area contributed by atoms with Crippen LogP contribution in [0.3, 0.4) is 0 Å². The third-order valence-corrected chi connectivity index (χ3v) is 20.1. The molecular formula is C56H64F4N12O5S3. The standard InChI is InChI=1S/2C20H22F2N4O2S.C16H20N4OS/c2*21-20(22)9-14(20)18(28)24-12-5-3-10(4-6-12)13-7-8-23-16-15(13)29-19(25-16)26-17(27)11-1-2-11;17-11-5-3-9(4-6-11)12-7-8-18-14-13(12)22-16(19-14)20-15(21)10-1-2-10/h2*7-8,10-12,14H,1-6,9H2,(H,24,28)(H,23,25,26,27);7-11H,1-6,17H2,(H,18,19,20,21). The molecule has 8 fully saturated rings. The van der Waals surface area contributed by atoms with E-state index in [1.807, 2.05) is 18.3 Å². The molecule has 424 valence electrons. The van der Waals surface area contributed by atoms with Gasteiger partial charge in [0.25, 0.3) is 11.8 Å². The van der Waals surface area contributed by atoms with Crippen molar-refractivity contribution < 1.29 is 41.5 Å². The lowest BCUT2D eigenvalue weighted by Crippen LogP contribution is -2.39. The van der Waals surface area contributed by atoms with E-state index < -0.39 is 35.5 Å². The van der Waals surface area contributed by atoms with Gasteiger partial charge in [0, 0.05) is 67.3 Å². The van der Waals surface area contributed by atoms with Gasteiger partial charge in [-0.3, -0.25) is 24.0 Å². The van der Waals surface area contributed by atoms with E-state index in [4.69, 9.17) is 5.73 Å². The number of fused-ring (bicyclic) bond motifs is 3. The van der Waals surface area contributed by atoms with Gasteiger partial charge in [0.2, 0.25) is 29.5 Å². The van der Waals surface area contributed by atoms with Crippen LogP contribution in [0.4, 0.5) is 33.0 Å². The van der Waals surface area contributed by atoms with Crippen molar-refractivity contribution in [1.29, 1.82) is 0 Å². The Morgan fingerprint density at radius 3 is 1.00 bits per heavy atom. The maximum absolute atomic E-state index is 13.1. The van der Waals surface area contributed by atoms with Gasteiger partial charge < -0.3 is 32.3 Å². The smallest absolute Gasteiger partial charge is 0.260 e. The summed E-state index contributed by atoms with van der Waals surface area (Å²) in [7, 11) is 0. The van der Waals surface area contributed by atoms with Gasteiger partial charge in [-0.25, -0.2) is 32.5 Å².